The number of nitrogens with one attached hydrogen (secondary N) is 2. The van der Waals surface area contributed by atoms with Gasteiger partial charge in [-0.3, -0.25) is 19.0 Å². The van der Waals surface area contributed by atoms with E-state index in [0.29, 0.717) is 6.42 Å². The van der Waals surface area contributed by atoms with Crippen LogP contribution in [0.15, 0.2) is 15.8 Å². The molecule has 0 fully saturated rings. The zero-order valence-electron chi connectivity index (χ0n) is 12.0. The molecule has 3 N–H and O–H groups in total. The summed E-state index contributed by atoms with van der Waals surface area (Å²) in [6, 6.07) is -0.466. The SMILES string of the molecule is CCC[C@@H](CC(=O)O)NC(=O)Cc1c[nH]c(=O)n(C)c1=O. The van der Waals surface area contributed by atoms with E-state index in [1.807, 2.05) is 6.92 Å². The van der Waals surface area contributed by atoms with Crippen LogP contribution in [0.3, 0.4) is 0 Å². The van der Waals surface area contributed by atoms with Crippen LogP contribution in [0.2, 0.25) is 0 Å². The Morgan fingerprint density at radius 2 is 2.10 bits per heavy atom. The lowest BCUT2D eigenvalue weighted by molar-refractivity contribution is -0.137. The lowest BCUT2D eigenvalue weighted by Gasteiger charge is -2.16. The van der Waals surface area contributed by atoms with Gasteiger partial charge in [0.2, 0.25) is 5.91 Å². The number of rotatable bonds is 7. The van der Waals surface area contributed by atoms with E-state index in [2.05, 4.69) is 10.3 Å². The first-order valence-corrected chi connectivity index (χ1v) is 6.63. The number of aromatic nitrogens is 2. The van der Waals surface area contributed by atoms with Gasteiger partial charge in [0.1, 0.15) is 0 Å². The highest BCUT2D eigenvalue weighted by Crippen LogP contribution is 2.02. The molecule has 8 heteroatoms. The van der Waals surface area contributed by atoms with Crippen molar-refractivity contribution in [2.45, 2.75) is 38.6 Å². The van der Waals surface area contributed by atoms with Crippen LogP contribution >= 0.6 is 0 Å². The number of hydrogen-bond acceptors (Lipinski definition) is 4. The van der Waals surface area contributed by atoms with Crippen molar-refractivity contribution in [3.8, 4) is 0 Å². The molecule has 21 heavy (non-hydrogen) atoms. The molecule has 0 saturated carbocycles. The monoisotopic (exact) mass is 297 g/mol. The predicted octanol–water partition coefficient (Wildman–Crippen LogP) is -0.624. The van der Waals surface area contributed by atoms with Crippen molar-refractivity contribution in [3.05, 3.63) is 32.6 Å². The second-order valence-corrected chi connectivity index (χ2v) is 4.81. The Bertz CT molecular complexity index is 631. The second kappa shape index (κ2) is 7.41. The molecule has 1 heterocycles. The van der Waals surface area contributed by atoms with E-state index in [0.717, 1.165) is 11.0 Å². The quantitative estimate of drug-likeness (QED) is 0.619. The highest BCUT2D eigenvalue weighted by atomic mass is 16.4. The molecule has 0 aliphatic rings. The average Bonchev–Trinajstić information content (AvgIpc) is 2.39. The molecule has 1 atom stereocenters. The van der Waals surface area contributed by atoms with E-state index >= 15 is 0 Å². The van der Waals surface area contributed by atoms with Gasteiger partial charge < -0.3 is 15.4 Å². The lowest BCUT2D eigenvalue weighted by Crippen LogP contribution is -2.40. The maximum atomic E-state index is 11.9. The first-order valence-electron chi connectivity index (χ1n) is 6.63. The van der Waals surface area contributed by atoms with E-state index < -0.39 is 29.2 Å². The zero-order valence-corrected chi connectivity index (χ0v) is 12.0. The minimum atomic E-state index is -0.992. The van der Waals surface area contributed by atoms with Gasteiger partial charge in [0.05, 0.1) is 12.8 Å². The number of amides is 1. The van der Waals surface area contributed by atoms with Gasteiger partial charge in [0, 0.05) is 24.8 Å². The van der Waals surface area contributed by atoms with Crippen LogP contribution in [0.5, 0.6) is 0 Å². The van der Waals surface area contributed by atoms with Crippen molar-refractivity contribution in [1.82, 2.24) is 14.9 Å². The summed E-state index contributed by atoms with van der Waals surface area (Å²) in [5.74, 6) is -1.44. The van der Waals surface area contributed by atoms with Gasteiger partial charge in [-0.1, -0.05) is 13.3 Å². The van der Waals surface area contributed by atoms with Crippen LogP contribution in [0.4, 0.5) is 0 Å². The molecular weight excluding hydrogens is 278 g/mol. The number of carbonyl (C=O) groups excluding carboxylic acids is 1. The van der Waals surface area contributed by atoms with Gasteiger partial charge in [0.15, 0.2) is 0 Å². The molecule has 1 aromatic heterocycles. The molecule has 0 bridgehead atoms. The minimum Gasteiger partial charge on any atom is -0.481 e. The standard InChI is InChI=1S/C13H19N3O5/c1-3-4-9(6-11(18)19)15-10(17)5-8-7-14-13(21)16(2)12(8)20/h7,9H,3-6H2,1-2H3,(H,14,21)(H,15,17)(H,18,19)/t9-/m0/s1. The number of carboxylic acids is 1. The maximum Gasteiger partial charge on any atom is 0.328 e. The van der Waals surface area contributed by atoms with Crippen molar-refractivity contribution in [3.63, 3.8) is 0 Å². The summed E-state index contributed by atoms with van der Waals surface area (Å²) >= 11 is 0. The topological polar surface area (TPSA) is 121 Å². The van der Waals surface area contributed by atoms with Crippen molar-refractivity contribution in [2.75, 3.05) is 0 Å². The van der Waals surface area contributed by atoms with E-state index in [4.69, 9.17) is 5.11 Å². The highest BCUT2D eigenvalue weighted by molar-refractivity contribution is 5.79. The Labute approximate surface area is 120 Å². The summed E-state index contributed by atoms with van der Waals surface area (Å²) in [5, 5.41) is 11.4. The fraction of sp³-hybridized carbons (Fsp3) is 0.538. The average molecular weight is 297 g/mol. The Balaban J connectivity index is 2.77. The largest absolute Gasteiger partial charge is 0.481 e. The molecule has 0 unspecified atom stereocenters. The maximum absolute atomic E-state index is 11.9. The van der Waals surface area contributed by atoms with E-state index in [9.17, 15) is 19.2 Å². The van der Waals surface area contributed by atoms with Gasteiger partial charge in [-0.2, -0.15) is 0 Å². The molecule has 1 aromatic rings. The summed E-state index contributed by atoms with van der Waals surface area (Å²) < 4.78 is 0.878. The number of carboxylic acid groups (broad SMARTS) is 1. The molecule has 0 spiro atoms. The third-order valence-corrected chi connectivity index (χ3v) is 3.03. The van der Waals surface area contributed by atoms with Crippen molar-refractivity contribution < 1.29 is 14.7 Å². The summed E-state index contributed by atoms with van der Waals surface area (Å²) in [4.78, 5) is 47.9. The molecule has 0 radical (unpaired) electrons. The summed E-state index contributed by atoms with van der Waals surface area (Å²) in [6.45, 7) is 1.89. The van der Waals surface area contributed by atoms with Crippen molar-refractivity contribution in [1.29, 1.82) is 0 Å². The molecule has 1 rings (SSSR count). The minimum absolute atomic E-state index is 0.153. The van der Waals surface area contributed by atoms with Gasteiger partial charge in [-0.15, -0.1) is 0 Å². The van der Waals surface area contributed by atoms with Crippen LogP contribution in [-0.4, -0.2) is 32.6 Å². The fourth-order valence-corrected chi connectivity index (χ4v) is 1.98. The van der Waals surface area contributed by atoms with E-state index in [1.165, 1.54) is 13.2 Å². The molecule has 8 nitrogen and oxygen atoms in total. The van der Waals surface area contributed by atoms with Crippen LogP contribution in [0.1, 0.15) is 31.7 Å². The normalized spacial score (nSPS) is 11.9. The summed E-state index contributed by atoms with van der Waals surface area (Å²) in [6.07, 6.45) is 2.11. The molecule has 0 aliphatic carbocycles. The number of aromatic amines is 1. The number of nitrogens with zero attached hydrogens (tertiary/aromatic N) is 1. The van der Waals surface area contributed by atoms with Gasteiger partial charge >= 0.3 is 11.7 Å². The van der Waals surface area contributed by atoms with Crippen molar-refractivity contribution in [2.24, 2.45) is 7.05 Å². The first-order chi connectivity index (χ1) is 9.85. The highest BCUT2D eigenvalue weighted by Gasteiger charge is 2.16. The second-order valence-electron chi connectivity index (χ2n) is 4.81. The van der Waals surface area contributed by atoms with Gasteiger partial charge in [-0.05, 0) is 6.42 Å². The summed E-state index contributed by atoms with van der Waals surface area (Å²) in [5.41, 5.74) is -0.946. The third kappa shape index (κ3) is 4.90. The van der Waals surface area contributed by atoms with Gasteiger partial charge in [0.25, 0.3) is 5.56 Å². The zero-order chi connectivity index (χ0) is 16.0. The van der Waals surface area contributed by atoms with E-state index in [1.54, 1.807) is 0 Å². The van der Waals surface area contributed by atoms with Crippen LogP contribution in [-0.2, 0) is 23.1 Å². The molecule has 0 aromatic carbocycles. The Morgan fingerprint density at radius 3 is 2.67 bits per heavy atom. The molecule has 0 aliphatic heterocycles. The van der Waals surface area contributed by atoms with Crippen LogP contribution in [0, 0.1) is 0 Å². The summed E-state index contributed by atoms with van der Waals surface area (Å²) in [7, 11) is 1.31. The molecular formula is C13H19N3O5. The first kappa shape index (κ1) is 16.7. The Kier molecular flexibility index (Phi) is 5.89. The van der Waals surface area contributed by atoms with Gasteiger partial charge in [-0.25, -0.2) is 4.79 Å². The van der Waals surface area contributed by atoms with Crippen LogP contribution < -0.4 is 16.6 Å². The molecule has 116 valence electrons. The number of carbonyl (C=O) groups is 2. The predicted molar refractivity (Wildman–Crippen MR) is 75.1 cm³/mol. The Morgan fingerprint density at radius 1 is 1.43 bits per heavy atom. The Hall–Kier alpha value is -2.38. The smallest absolute Gasteiger partial charge is 0.328 e. The number of hydrogen-bond donors (Lipinski definition) is 3. The van der Waals surface area contributed by atoms with E-state index in [-0.39, 0.29) is 18.4 Å². The number of aliphatic carboxylic acids is 1. The molecule has 0 saturated heterocycles. The lowest BCUT2D eigenvalue weighted by atomic mass is 10.1. The van der Waals surface area contributed by atoms with Crippen LogP contribution in [0.25, 0.3) is 0 Å². The fourth-order valence-electron chi connectivity index (χ4n) is 1.98. The van der Waals surface area contributed by atoms with Crippen molar-refractivity contribution >= 4 is 11.9 Å². The molecule has 1 amide bonds. The number of H-pyrrole nitrogens is 1. The third-order valence-electron chi connectivity index (χ3n) is 3.03.